The highest BCUT2D eigenvalue weighted by molar-refractivity contribution is 6.05. The number of nitrogens with one attached hydrogen (secondary N) is 1. The molecule has 1 heterocycles. The molecule has 2 rings (SSSR count). The fraction of sp³-hybridized carbons (Fsp3) is 0.400. The fourth-order valence-electron chi connectivity index (χ4n) is 2.38. The summed E-state index contributed by atoms with van der Waals surface area (Å²) in [4.78, 5) is 12.2. The molecule has 0 aromatic heterocycles. The van der Waals surface area contributed by atoms with Gasteiger partial charge >= 0.3 is 0 Å². The number of carbonyl (C=O) groups is 1. The van der Waals surface area contributed by atoms with E-state index in [1.807, 2.05) is 45.9 Å². The average molecular weight is 260 g/mol. The van der Waals surface area contributed by atoms with E-state index < -0.39 is 11.2 Å². The molecule has 0 bridgehead atoms. The van der Waals surface area contributed by atoms with Crippen molar-refractivity contribution in [3.8, 4) is 0 Å². The van der Waals surface area contributed by atoms with E-state index in [1.54, 1.807) is 18.2 Å². The number of benzene rings is 1. The second kappa shape index (κ2) is 4.47. The van der Waals surface area contributed by atoms with Gasteiger partial charge in [0, 0.05) is 17.3 Å². The monoisotopic (exact) mass is 260 g/mol. The minimum absolute atomic E-state index is 0.0673. The Morgan fingerprint density at radius 1 is 1.21 bits per heavy atom. The van der Waals surface area contributed by atoms with Crippen LogP contribution in [-0.2, 0) is 0 Å². The average Bonchev–Trinajstić information content (AvgIpc) is 2.51. The zero-order valence-corrected chi connectivity index (χ0v) is 11.8. The van der Waals surface area contributed by atoms with Crippen molar-refractivity contribution in [2.75, 3.05) is 0 Å². The Hall–Kier alpha value is -1.65. The normalized spacial score (nSPS) is 23.3. The Kier molecular flexibility index (Phi) is 3.24. The molecule has 2 N–H and O–H groups in total. The van der Waals surface area contributed by atoms with Gasteiger partial charge in [-0.1, -0.05) is 30.3 Å². The first kappa shape index (κ1) is 13.8. The molecule has 1 aromatic rings. The summed E-state index contributed by atoms with van der Waals surface area (Å²) in [5, 5.41) is 14.6. The van der Waals surface area contributed by atoms with E-state index in [9.17, 15) is 10.0 Å². The van der Waals surface area contributed by atoms with E-state index in [0.717, 1.165) is 0 Å². The van der Waals surface area contributed by atoms with Crippen LogP contribution in [0.1, 0.15) is 38.1 Å². The highest BCUT2D eigenvalue weighted by atomic mass is 16.5. The Labute approximate surface area is 113 Å². The van der Waals surface area contributed by atoms with Crippen molar-refractivity contribution >= 4 is 5.78 Å². The molecule has 0 radical (unpaired) electrons. The molecular formula is C15H20N2O2. The third-order valence-electron chi connectivity index (χ3n) is 3.49. The summed E-state index contributed by atoms with van der Waals surface area (Å²) in [7, 11) is 0. The van der Waals surface area contributed by atoms with Crippen molar-refractivity contribution in [2.45, 2.75) is 38.9 Å². The van der Waals surface area contributed by atoms with Crippen LogP contribution in [0.5, 0.6) is 0 Å². The fourth-order valence-corrected chi connectivity index (χ4v) is 2.38. The molecule has 1 aromatic carbocycles. The first-order valence-corrected chi connectivity index (χ1v) is 6.34. The van der Waals surface area contributed by atoms with Crippen molar-refractivity contribution in [3.63, 3.8) is 0 Å². The predicted octanol–water partition coefficient (Wildman–Crippen LogP) is 2.56. The summed E-state index contributed by atoms with van der Waals surface area (Å²) >= 11 is 0. The van der Waals surface area contributed by atoms with Crippen LogP contribution in [0.25, 0.3) is 0 Å². The number of rotatable bonds is 2. The Morgan fingerprint density at radius 2 is 1.79 bits per heavy atom. The summed E-state index contributed by atoms with van der Waals surface area (Å²) in [5.41, 5.74) is 0.149. The number of allylic oxidation sites excluding steroid dienone is 1. The Bertz CT molecular complexity index is 518. The van der Waals surface area contributed by atoms with Gasteiger partial charge in [0.25, 0.3) is 0 Å². The van der Waals surface area contributed by atoms with Gasteiger partial charge in [0.05, 0.1) is 5.54 Å². The largest absolute Gasteiger partial charge is 0.367 e. The van der Waals surface area contributed by atoms with E-state index >= 15 is 0 Å². The van der Waals surface area contributed by atoms with Gasteiger partial charge in [-0.15, -0.1) is 0 Å². The molecule has 0 atom stereocenters. The number of hydrogen-bond acceptors (Lipinski definition) is 4. The summed E-state index contributed by atoms with van der Waals surface area (Å²) in [6.07, 6.45) is 1.56. The lowest BCUT2D eigenvalue weighted by molar-refractivity contribution is -0.191. The lowest BCUT2D eigenvalue weighted by atomic mass is 9.99. The third kappa shape index (κ3) is 2.41. The maximum Gasteiger partial charge on any atom is 0.187 e. The quantitative estimate of drug-likeness (QED) is 0.634. The van der Waals surface area contributed by atoms with Crippen LogP contribution in [0.4, 0.5) is 0 Å². The number of carbonyl (C=O) groups excluding carboxylic acids is 1. The first-order valence-electron chi connectivity index (χ1n) is 6.34. The zero-order valence-electron chi connectivity index (χ0n) is 11.8. The molecule has 4 heteroatoms. The van der Waals surface area contributed by atoms with Gasteiger partial charge in [0.15, 0.2) is 5.78 Å². The topological polar surface area (TPSA) is 52.6 Å². The van der Waals surface area contributed by atoms with Crippen LogP contribution in [-0.4, -0.2) is 27.3 Å². The van der Waals surface area contributed by atoms with E-state index in [1.165, 1.54) is 5.06 Å². The minimum atomic E-state index is -0.617. The van der Waals surface area contributed by atoms with Gasteiger partial charge in [0.2, 0.25) is 0 Å². The van der Waals surface area contributed by atoms with Crippen molar-refractivity contribution in [3.05, 3.63) is 47.7 Å². The van der Waals surface area contributed by atoms with Crippen LogP contribution in [0.3, 0.4) is 0 Å². The molecule has 1 aliphatic heterocycles. The molecule has 0 unspecified atom stereocenters. The summed E-state index contributed by atoms with van der Waals surface area (Å²) in [6, 6.07) is 9.11. The summed E-state index contributed by atoms with van der Waals surface area (Å²) < 4.78 is 0. The van der Waals surface area contributed by atoms with Crippen molar-refractivity contribution in [1.29, 1.82) is 0 Å². The highest BCUT2D eigenvalue weighted by Crippen LogP contribution is 2.34. The van der Waals surface area contributed by atoms with Crippen LogP contribution in [0.15, 0.2) is 42.1 Å². The van der Waals surface area contributed by atoms with Crippen molar-refractivity contribution in [1.82, 2.24) is 10.4 Å². The smallest absolute Gasteiger partial charge is 0.187 e. The molecule has 0 amide bonds. The van der Waals surface area contributed by atoms with Crippen LogP contribution < -0.4 is 5.32 Å². The van der Waals surface area contributed by atoms with Crippen molar-refractivity contribution < 1.29 is 10.0 Å². The molecule has 1 fully saturated rings. The van der Waals surface area contributed by atoms with Gasteiger partial charge in [-0.05, 0) is 27.7 Å². The number of ketones is 1. The summed E-state index contributed by atoms with van der Waals surface area (Å²) in [6.45, 7) is 7.48. The lowest BCUT2D eigenvalue weighted by Crippen LogP contribution is -2.48. The number of nitrogens with zero attached hydrogens (tertiary/aromatic N) is 1. The van der Waals surface area contributed by atoms with Gasteiger partial charge < -0.3 is 10.5 Å². The first-order chi connectivity index (χ1) is 8.75. The molecular weight excluding hydrogens is 240 g/mol. The Balaban J connectivity index is 2.32. The van der Waals surface area contributed by atoms with E-state index in [4.69, 9.17) is 0 Å². The van der Waals surface area contributed by atoms with E-state index in [-0.39, 0.29) is 5.78 Å². The molecule has 0 spiro atoms. The Morgan fingerprint density at radius 3 is 2.26 bits per heavy atom. The lowest BCUT2D eigenvalue weighted by Gasteiger charge is -2.32. The molecule has 19 heavy (non-hydrogen) atoms. The SMILES string of the molecule is CC1(C)NC(=CC(=O)c2ccccc2)C(C)(C)N1O. The number of hydroxylamine groups is 2. The molecule has 0 aliphatic carbocycles. The molecule has 4 nitrogen and oxygen atoms in total. The molecule has 0 saturated carbocycles. The van der Waals surface area contributed by atoms with Crippen molar-refractivity contribution in [2.24, 2.45) is 0 Å². The number of hydrogen-bond donors (Lipinski definition) is 2. The van der Waals surface area contributed by atoms with Crippen LogP contribution in [0.2, 0.25) is 0 Å². The van der Waals surface area contributed by atoms with E-state index in [2.05, 4.69) is 5.32 Å². The van der Waals surface area contributed by atoms with Crippen LogP contribution >= 0.6 is 0 Å². The van der Waals surface area contributed by atoms with Gasteiger partial charge in [-0.25, -0.2) is 0 Å². The molecule has 102 valence electrons. The molecule has 1 aliphatic rings. The standard InChI is InChI=1S/C15H20N2O2/c1-14(2)13(16-15(3,4)17(14)19)10-12(18)11-8-6-5-7-9-11/h5-10,16,19H,1-4H3. The van der Waals surface area contributed by atoms with Gasteiger partial charge in [-0.2, -0.15) is 5.06 Å². The maximum atomic E-state index is 12.2. The van der Waals surface area contributed by atoms with Crippen LogP contribution in [0, 0.1) is 0 Å². The third-order valence-corrected chi connectivity index (χ3v) is 3.49. The van der Waals surface area contributed by atoms with Gasteiger partial charge in [0.1, 0.15) is 5.66 Å². The maximum absolute atomic E-state index is 12.2. The second-order valence-electron chi connectivity index (χ2n) is 5.84. The molecule has 1 saturated heterocycles. The minimum Gasteiger partial charge on any atom is -0.367 e. The zero-order chi connectivity index (χ0) is 14.3. The predicted molar refractivity (Wildman–Crippen MR) is 73.8 cm³/mol. The second-order valence-corrected chi connectivity index (χ2v) is 5.84. The highest BCUT2D eigenvalue weighted by Gasteiger charge is 2.47. The summed E-state index contributed by atoms with van der Waals surface area (Å²) in [5.74, 6) is -0.0673. The van der Waals surface area contributed by atoms with Gasteiger partial charge in [-0.3, -0.25) is 4.79 Å². The van der Waals surface area contributed by atoms with E-state index in [0.29, 0.717) is 11.3 Å².